The number of esters is 1. The SMILES string of the molecule is CNC(=O)CNC(=O)COC(=O)COc1ccc(F)cc1Br. The summed E-state index contributed by atoms with van der Waals surface area (Å²) >= 11 is 3.08. The third-order valence-electron chi connectivity index (χ3n) is 2.33. The summed E-state index contributed by atoms with van der Waals surface area (Å²) in [4.78, 5) is 33.6. The molecule has 2 amide bonds. The number of likely N-dealkylation sites (N-methyl/N-ethyl adjacent to an activating group) is 1. The van der Waals surface area contributed by atoms with E-state index in [9.17, 15) is 18.8 Å². The minimum absolute atomic E-state index is 0.202. The van der Waals surface area contributed by atoms with Crippen LogP contribution in [0.2, 0.25) is 0 Å². The molecule has 0 aromatic heterocycles. The predicted molar refractivity (Wildman–Crippen MR) is 77.6 cm³/mol. The van der Waals surface area contributed by atoms with Crippen molar-refractivity contribution in [2.45, 2.75) is 0 Å². The minimum atomic E-state index is -0.772. The summed E-state index contributed by atoms with van der Waals surface area (Å²) in [5.41, 5.74) is 0. The Labute approximate surface area is 134 Å². The summed E-state index contributed by atoms with van der Waals surface area (Å²) in [6, 6.07) is 3.72. The summed E-state index contributed by atoms with van der Waals surface area (Å²) in [7, 11) is 1.43. The van der Waals surface area contributed by atoms with Gasteiger partial charge in [0.25, 0.3) is 5.91 Å². The van der Waals surface area contributed by atoms with Crippen molar-refractivity contribution in [2.24, 2.45) is 0 Å². The smallest absolute Gasteiger partial charge is 0.344 e. The second-order valence-corrected chi connectivity index (χ2v) is 4.83. The van der Waals surface area contributed by atoms with Crippen molar-refractivity contribution < 1.29 is 28.2 Å². The standard InChI is InChI=1S/C13H14BrFN2O5/c1-16-11(18)5-17-12(19)6-22-13(20)7-21-10-3-2-8(15)4-9(10)14/h2-4H,5-7H2,1H3,(H,16,18)(H,17,19). The predicted octanol–water partition coefficient (Wildman–Crippen LogP) is 0.372. The van der Waals surface area contributed by atoms with Gasteiger partial charge in [0.1, 0.15) is 11.6 Å². The lowest BCUT2D eigenvalue weighted by Crippen LogP contribution is -2.37. The van der Waals surface area contributed by atoms with Crippen LogP contribution in [0.3, 0.4) is 0 Å². The monoisotopic (exact) mass is 376 g/mol. The van der Waals surface area contributed by atoms with Crippen LogP contribution in [0.25, 0.3) is 0 Å². The molecule has 1 aromatic rings. The number of hydrogen-bond acceptors (Lipinski definition) is 5. The number of ether oxygens (including phenoxy) is 2. The lowest BCUT2D eigenvalue weighted by molar-refractivity contribution is -0.150. The molecule has 22 heavy (non-hydrogen) atoms. The average Bonchev–Trinajstić information content (AvgIpc) is 2.49. The Bertz CT molecular complexity index is 567. The highest BCUT2D eigenvalue weighted by atomic mass is 79.9. The maximum Gasteiger partial charge on any atom is 0.344 e. The van der Waals surface area contributed by atoms with Crippen LogP contribution in [0, 0.1) is 5.82 Å². The number of rotatable bonds is 7. The van der Waals surface area contributed by atoms with Crippen molar-refractivity contribution in [3.63, 3.8) is 0 Å². The molecule has 0 radical (unpaired) electrons. The van der Waals surface area contributed by atoms with Gasteiger partial charge in [0.15, 0.2) is 13.2 Å². The Morgan fingerprint density at radius 2 is 1.95 bits per heavy atom. The van der Waals surface area contributed by atoms with E-state index in [1.165, 1.54) is 25.2 Å². The third-order valence-corrected chi connectivity index (χ3v) is 2.95. The van der Waals surface area contributed by atoms with Gasteiger partial charge < -0.3 is 20.1 Å². The molecule has 0 spiro atoms. The molecule has 0 saturated carbocycles. The number of nitrogens with one attached hydrogen (secondary N) is 2. The lowest BCUT2D eigenvalue weighted by atomic mass is 10.3. The van der Waals surface area contributed by atoms with Gasteiger partial charge in [-0.2, -0.15) is 0 Å². The van der Waals surface area contributed by atoms with Gasteiger partial charge in [0, 0.05) is 7.05 Å². The first kappa shape index (κ1) is 17.9. The largest absolute Gasteiger partial charge is 0.481 e. The Morgan fingerprint density at radius 3 is 2.59 bits per heavy atom. The Balaban J connectivity index is 2.28. The van der Waals surface area contributed by atoms with Crippen molar-refractivity contribution in [3.8, 4) is 5.75 Å². The number of carbonyl (C=O) groups is 3. The fourth-order valence-corrected chi connectivity index (χ4v) is 1.70. The molecular formula is C13H14BrFN2O5. The van der Waals surface area contributed by atoms with E-state index >= 15 is 0 Å². The van der Waals surface area contributed by atoms with Gasteiger partial charge in [-0.1, -0.05) is 0 Å². The number of carbonyl (C=O) groups excluding carboxylic acids is 3. The van der Waals surface area contributed by atoms with Crippen LogP contribution in [-0.2, 0) is 19.1 Å². The second kappa shape index (κ2) is 8.98. The van der Waals surface area contributed by atoms with Crippen LogP contribution in [0.4, 0.5) is 4.39 Å². The second-order valence-electron chi connectivity index (χ2n) is 3.97. The maximum absolute atomic E-state index is 12.9. The Morgan fingerprint density at radius 1 is 1.23 bits per heavy atom. The van der Waals surface area contributed by atoms with Gasteiger partial charge in [-0.15, -0.1) is 0 Å². The van der Waals surface area contributed by atoms with Crippen LogP contribution < -0.4 is 15.4 Å². The van der Waals surface area contributed by atoms with Crippen molar-refractivity contribution in [3.05, 3.63) is 28.5 Å². The highest BCUT2D eigenvalue weighted by Gasteiger charge is 2.10. The normalized spacial score (nSPS) is 9.77. The number of halogens is 2. The summed E-state index contributed by atoms with van der Waals surface area (Å²) in [5.74, 6) is -1.94. The zero-order chi connectivity index (χ0) is 16.5. The lowest BCUT2D eigenvalue weighted by Gasteiger charge is -2.08. The van der Waals surface area contributed by atoms with Gasteiger partial charge in [0.2, 0.25) is 5.91 Å². The van der Waals surface area contributed by atoms with Gasteiger partial charge in [-0.3, -0.25) is 9.59 Å². The molecular weight excluding hydrogens is 363 g/mol. The first-order valence-corrected chi connectivity index (χ1v) is 6.92. The molecule has 0 heterocycles. The Hall–Kier alpha value is -2.16. The fourth-order valence-electron chi connectivity index (χ4n) is 1.23. The maximum atomic E-state index is 12.9. The molecule has 1 rings (SSSR count). The van der Waals surface area contributed by atoms with E-state index in [0.29, 0.717) is 4.47 Å². The van der Waals surface area contributed by atoms with Gasteiger partial charge in [0.05, 0.1) is 11.0 Å². The molecule has 2 N–H and O–H groups in total. The molecule has 0 saturated heterocycles. The molecule has 120 valence electrons. The van der Waals surface area contributed by atoms with E-state index < -0.39 is 30.9 Å². The first-order valence-electron chi connectivity index (χ1n) is 6.13. The van der Waals surface area contributed by atoms with Crippen molar-refractivity contribution in [2.75, 3.05) is 26.8 Å². The average molecular weight is 377 g/mol. The van der Waals surface area contributed by atoms with Crippen LogP contribution in [0.5, 0.6) is 5.75 Å². The highest BCUT2D eigenvalue weighted by Crippen LogP contribution is 2.25. The van der Waals surface area contributed by atoms with Crippen molar-refractivity contribution in [1.82, 2.24) is 10.6 Å². The van der Waals surface area contributed by atoms with Crippen LogP contribution in [-0.4, -0.2) is 44.6 Å². The Kier molecular flexibility index (Phi) is 7.30. The molecule has 9 heteroatoms. The third kappa shape index (κ3) is 6.53. The van der Waals surface area contributed by atoms with Crippen molar-refractivity contribution >= 4 is 33.7 Å². The van der Waals surface area contributed by atoms with E-state index in [0.717, 1.165) is 0 Å². The molecule has 0 atom stereocenters. The summed E-state index contributed by atoms with van der Waals surface area (Å²) in [6.07, 6.45) is 0. The van der Waals surface area contributed by atoms with E-state index in [2.05, 4.69) is 31.3 Å². The van der Waals surface area contributed by atoms with E-state index in [-0.39, 0.29) is 18.2 Å². The first-order chi connectivity index (χ1) is 10.4. The van der Waals surface area contributed by atoms with Gasteiger partial charge >= 0.3 is 5.97 Å². The zero-order valence-corrected chi connectivity index (χ0v) is 13.2. The van der Waals surface area contributed by atoms with Crippen LogP contribution >= 0.6 is 15.9 Å². The minimum Gasteiger partial charge on any atom is -0.481 e. The molecule has 0 bridgehead atoms. The van der Waals surface area contributed by atoms with E-state index in [1.54, 1.807) is 0 Å². The highest BCUT2D eigenvalue weighted by molar-refractivity contribution is 9.10. The molecule has 1 aromatic carbocycles. The summed E-state index contributed by atoms with van der Waals surface area (Å²) in [6.45, 7) is -1.16. The quantitative estimate of drug-likeness (QED) is 0.670. The van der Waals surface area contributed by atoms with Crippen molar-refractivity contribution in [1.29, 1.82) is 0 Å². The fraction of sp³-hybridized carbons (Fsp3) is 0.308. The topological polar surface area (TPSA) is 93.7 Å². The summed E-state index contributed by atoms with van der Waals surface area (Å²) in [5, 5.41) is 4.58. The molecule has 7 nitrogen and oxygen atoms in total. The molecule has 0 aliphatic rings. The van der Waals surface area contributed by atoms with Gasteiger partial charge in [-0.05, 0) is 34.1 Å². The number of amides is 2. The van der Waals surface area contributed by atoms with E-state index in [1.807, 2.05) is 0 Å². The molecule has 0 fully saturated rings. The van der Waals surface area contributed by atoms with Crippen LogP contribution in [0.15, 0.2) is 22.7 Å². The molecule has 0 unspecified atom stereocenters. The molecule has 0 aliphatic heterocycles. The molecule has 0 aliphatic carbocycles. The van der Waals surface area contributed by atoms with E-state index in [4.69, 9.17) is 4.74 Å². The zero-order valence-electron chi connectivity index (χ0n) is 11.7. The number of hydrogen-bond donors (Lipinski definition) is 2. The summed E-state index contributed by atoms with van der Waals surface area (Å²) < 4.78 is 23.0. The number of benzene rings is 1. The van der Waals surface area contributed by atoms with Gasteiger partial charge in [-0.25, -0.2) is 9.18 Å². The van der Waals surface area contributed by atoms with Crippen LogP contribution in [0.1, 0.15) is 0 Å².